The number of imidazole rings is 2. The lowest BCUT2D eigenvalue weighted by atomic mass is 10.1. The van der Waals surface area contributed by atoms with Crippen molar-refractivity contribution in [2.24, 2.45) is 0 Å². The molecule has 4 rings (SSSR count). The topological polar surface area (TPSA) is 64.2 Å². The average molecular weight is 331 g/mol. The van der Waals surface area contributed by atoms with Crippen LogP contribution in [0, 0.1) is 0 Å². The highest BCUT2D eigenvalue weighted by molar-refractivity contribution is 5.94. The highest BCUT2D eigenvalue weighted by Crippen LogP contribution is 2.16. The first-order valence-corrected chi connectivity index (χ1v) is 8.04. The number of hydrogen-bond donors (Lipinski definition) is 1. The molecular weight excluding hydrogens is 314 g/mol. The molecule has 0 radical (unpaired) electrons. The monoisotopic (exact) mass is 331 g/mol. The standard InChI is InChI=1S/C19H17N5O/c25-19(16-6-7-18-21-9-11-24(18)12-16)22-17(13-23-10-8-20-14-23)15-4-2-1-3-5-15/h1-12,14,17H,13H2,(H,22,25)/t17-/m0/s1. The van der Waals surface area contributed by atoms with Crippen LogP contribution in [-0.4, -0.2) is 24.8 Å². The molecule has 0 saturated heterocycles. The molecule has 4 aromatic rings. The maximum atomic E-state index is 12.8. The first-order valence-electron chi connectivity index (χ1n) is 8.04. The minimum absolute atomic E-state index is 0.121. The van der Waals surface area contributed by atoms with Gasteiger partial charge in [-0.15, -0.1) is 0 Å². The van der Waals surface area contributed by atoms with E-state index in [1.165, 1.54) is 0 Å². The predicted octanol–water partition coefficient (Wildman–Crippen LogP) is 2.70. The van der Waals surface area contributed by atoms with E-state index in [9.17, 15) is 4.79 Å². The van der Waals surface area contributed by atoms with Crippen molar-refractivity contribution in [3.63, 3.8) is 0 Å². The van der Waals surface area contributed by atoms with Crippen LogP contribution < -0.4 is 5.32 Å². The Morgan fingerprint density at radius 3 is 2.76 bits per heavy atom. The number of pyridine rings is 1. The van der Waals surface area contributed by atoms with E-state index >= 15 is 0 Å². The van der Waals surface area contributed by atoms with Crippen LogP contribution in [0.15, 0.2) is 79.8 Å². The van der Waals surface area contributed by atoms with Crippen molar-refractivity contribution in [1.82, 2.24) is 24.3 Å². The summed E-state index contributed by atoms with van der Waals surface area (Å²) < 4.78 is 3.79. The van der Waals surface area contributed by atoms with Crippen LogP contribution in [0.4, 0.5) is 0 Å². The fraction of sp³-hybridized carbons (Fsp3) is 0.105. The quantitative estimate of drug-likeness (QED) is 0.611. The molecule has 3 aromatic heterocycles. The Hall–Kier alpha value is -3.41. The molecular formula is C19H17N5O. The van der Waals surface area contributed by atoms with Gasteiger partial charge in [-0.2, -0.15) is 0 Å². The molecule has 6 heteroatoms. The second-order valence-corrected chi connectivity index (χ2v) is 5.81. The third kappa shape index (κ3) is 3.28. The van der Waals surface area contributed by atoms with Gasteiger partial charge >= 0.3 is 0 Å². The van der Waals surface area contributed by atoms with Crippen molar-refractivity contribution in [3.05, 3.63) is 90.9 Å². The highest BCUT2D eigenvalue weighted by atomic mass is 16.1. The molecule has 1 atom stereocenters. The molecule has 0 unspecified atom stereocenters. The Morgan fingerprint density at radius 1 is 1.08 bits per heavy atom. The Bertz CT molecular complexity index is 975. The zero-order chi connectivity index (χ0) is 17.1. The van der Waals surface area contributed by atoms with Gasteiger partial charge in [0.05, 0.1) is 17.9 Å². The summed E-state index contributed by atoms with van der Waals surface area (Å²) in [5.74, 6) is -0.121. The van der Waals surface area contributed by atoms with Gasteiger partial charge in [0.1, 0.15) is 5.65 Å². The Labute approximate surface area is 144 Å². The summed E-state index contributed by atoms with van der Waals surface area (Å²) in [6.07, 6.45) is 10.7. The van der Waals surface area contributed by atoms with E-state index in [2.05, 4.69) is 15.3 Å². The zero-order valence-electron chi connectivity index (χ0n) is 13.5. The van der Waals surface area contributed by atoms with E-state index in [0.717, 1.165) is 11.2 Å². The predicted molar refractivity (Wildman–Crippen MR) is 94.1 cm³/mol. The molecule has 1 N–H and O–H groups in total. The van der Waals surface area contributed by atoms with Crippen LogP contribution >= 0.6 is 0 Å². The number of hydrogen-bond acceptors (Lipinski definition) is 3. The van der Waals surface area contributed by atoms with Crippen molar-refractivity contribution in [1.29, 1.82) is 0 Å². The number of carbonyl (C=O) groups excluding carboxylic acids is 1. The summed E-state index contributed by atoms with van der Waals surface area (Å²) in [7, 11) is 0. The molecule has 0 spiro atoms. The second kappa shape index (κ2) is 6.60. The first-order chi connectivity index (χ1) is 12.3. The van der Waals surface area contributed by atoms with Crippen LogP contribution in [0.3, 0.4) is 0 Å². The molecule has 6 nitrogen and oxygen atoms in total. The van der Waals surface area contributed by atoms with Crippen molar-refractivity contribution >= 4 is 11.6 Å². The molecule has 0 aliphatic rings. The number of rotatable bonds is 5. The maximum absolute atomic E-state index is 12.8. The summed E-state index contributed by atoms with van der Waals surface area (Å²) in [5.41, 5.74) is 2.46. The lowest BCUT2D eigenvalue weighted by Gasteiger charge is -2.20. The van der Waals surface area contributed by atoms with Crippen molar-refractivity contribution in [3.8, 4) is 0 Å². The molecule has 3 heterocycles. The largest absolute Gasteiger partial charge is 0.343 e. The molecule has 0 saturated carbocycles. The van der Waals surface area contributed by atoms with E-state index in [0.29, 0.717) is 12.1 Å². The van der Waals surface area contributed by atoms with E-state index < -0.39 is 0 Å². The fourth-order valence-corrected chi connectivity index (χ4v) is 2.82. The van der Waals surface area contributed by atoms with Gasteiger partial charge in [-0.05, 0) is 17.7 Å². The smallest absolute Gasteiger partial charge is 0.253 e. The molecule has 1 amide bonds. The number of fused-ring (bicyclic) bond motifs is 1. The van der Waals surface area contributed by atoms with E-state index in [4.69, 9.17) is 0 Å². The first kappa shape index (κ1) is 15.1. The van der Waals surface area contributed by atoms with Gasteiger partial charge in [-0.1, -0.05) is 30.3 Å². The number of nitrogens with one attached hydrogen (secondary N) is 1. The molecule has 0 aliphatic carbocycles. The average Bonchev–Trinajstić information content (AvgIpc) is 3.32. The number of benzene rings is 1. The number of amides is 1. The minimum Gasteiger partial charge on any atom is -0.343 e. The van der Waals surface area contributed by atoms with Crippen LogP contribution in [0.1, 0.15) is 22.0 Å². The third-order valence-electron chi connectivity index (χ3n) is 4.11. The fourth-order valence-electron chi connectivity index (χ4n) is 2.82. The summed E-state index contributed by atoms with van der Waals surface area (Å²) in [6, 6.07) is 13.4. The molecule has 25 heavy (non-hydrogen) atoms. The van der Waals surface area contributed by atoms with Crippen LogP contribution in [0.5, 0.6) is 0 Å². The summed E-state index contributed by atoms with van der Waals surface area (Å²) >= 11 is 0. The molecule has 124 valence electrons. The lowest BCUT2D eigenvalue weighted by Crippen LogP contribution is -2.31. The van der Waals surface area contributed by atoms with Crippen molar-refractivity contribution in [2.45, 2.75) is 12.6 Å². The lowest BCUT2D eigenvalue weighted by molar-refractivity contribution is 0.0932. The van der Waals surface area contributed by atoms with Gasteiger partial charge < -0.3 is 14.3 Å². The zero-order valence-corrected chi connectivity index (χ0v) is 13.5. The normalized spacial score (nSPS) is 12.2. The van der Waals surface area contributed by atoms with Crippen molar-refractivity contribution in [2.75, 3.05) is 0 Å². The van der Waals surface area contributed by atoms with Crippen LogP contribution in [0.2, 0.25) is 0 Å². The number of aromatic nitrogens is 4. The van der Waals surface area contributed by atoms with Gasteiger partial charge in [0.2, 0.25) is 0 Å². The number of nitrogens with zero attached hydrogens (tertiary/aromatic N) is 4. The van der Waals surface area contributed by atoms with E-state index in [-0.39, 0.29) is 11.9 Å². The molecule has 1 aromatic carbocycles. The van der Waals surface area contributed by atoms with Crippen LogP contribution in [-0.2, 0) is 6.54 Å². The molecule has 0 aliphatic heterocycles. The minimum atomic E-state index is -0.151. The van der Waals surface area contributed by atoms with Gasteiger partial charge in [-0.3, -0.25) is 4.79 Å². The molecule has 0 fully saturated rings. The summed E-state index contributed by atoms with van der Waals surface area (Å²) in [5, 5.41) is 3.12. The summed E-state index contributed by atoms with van der Waals surface area (Å²) in [6.45, 7) is 0.614. The Morgan fingerprint density at radius 2 is 1.96 bits per heavy atom. The maximum Gasteiger partial charge on any atom is 0.253 e. The van der Waals surface area contributed by atoms with Crippen molar-refractivity contribution < 1.29 is 4.79 Å². The van der Waals surface area contributed by atoms with E-state index in [1.54, 1.807) is 31.0 Å². The SMILES string of the molecule is O=C(N[C@@H](Cn1ccnc1)c1ccccc1)c1ccc2nccn2c1. The Kier molecular flexibility index (Phi) is 4.00. The third-order valence-corrected chi connectivity index (χ3v) is 4.11. The molecule has 0 bridgehead atoms. The highest BCUT2D eigenvalue weighted by Gasteiger charge is 2.16. The summed E-state index contributed by atoms with van der Waals surface area (Å²) in [4.78, 5) is 21.0. The van der Waals surface area contributed by atoms with Crippen LogP contribution in [0.25, 0.3) is 5.65 Å². The van der Waals surface area contributed by atoms with Gasteiger partial charge in [0.15, 0.2) is 0 Å². The number of carbonyl (C=O) groups is 1. The van der Waals surface area contributed by atoms with E-state index in [1.807, 2.05) is 57.8 Å². The van der Waals surface area contributed by atoms with Gasteiger partial charge in [0.25, 0.3) is 5.91 Å². The van der Waals surface area contributed by atoms with Gasteiger partial charge in [0, 0.05) is 37.5 Å². The second-order valence-electron chi connectivity index (χ2n) is 5.81. The van der Waals surface area contributed by atoms with Gasteiger partial charge in [-0.25, -0.2) is 9.97 Å². The Balaban J connectivity index is 1.59.